The summed E-state index contributed by atoms with van der Waals surface area (Å²) in [7, 11) is 4.58. The molecule has 0 fully saturated rings. The molecule has 78 valence electrons. The summed E-state index contributed by atoms with van der Waals surface area (Å²) in [5.74, 6) is 0. The Morgan fingerprint density at radius 1 is 1.31 bits per heavy atom. The molecule has 0 aromatic heterocycles. The summed E-state index contributed by atoms with van der Waals surface area (Å²) in [5.41, 5.74) is 0. The van der Waals surface area contributed by atoms with Crippen LogP contribution in [-0.4, -0.2) is 15.5 Å². The minimum atomic E-state index is -3.55. The van der Waals surface area contributed by atoms with Gasteiger partial charge in [-0.25, -0.2) is 8.42 Å². The zero-order chi connectivity index (χ0) is 10.3. The standard InChI is InChI=1S/CH3Cl3N3O3PS2/c1-10-11(2)5-12(3,8)7-13(4,9)6-11/h1H3. The highest BCUT2D eigenvalue weighted by Gasteiger charge is 2.27. The third-order valence-corrected chi connectivity index (χ3v) is 9.63. The largest absolute Gasteiger partial charge is 0.318 e. The fourth-order valence-corrected chi connectivity index (χ4v) is 10.3. The summed E-state index contributed by atoms with van der Waals surface area (Å²) in [5, 5.41) is 0. The molecule has 1 aliphatic rings. The molecule has 0 N–H and O–H groups in total. The number of hydrogen-bond donors (Lipinski definition) is 0. The predicted molar refractivity (Wildman–Crippen MR) is 55.1 cm³/mol. The minimum Gasteiger partial charge on any atom is -0.318 e. The Balaban J connectivity index is 3.64. The van der Waals surface area contributed by atoms with Crippen molar-refractivity contribution in [3.05, 3.63) is 0 Å². The number of nitrogens with zero attached hydrogens (tertiary/aromatic N) is 3. The molecule has 1 heterocycles. The van der Waals surface area contributed by atoms with Crippen LogP contribution in [0, 0.1) is 0 Å². The van der Waals surface area contributed by atoms with E-state index in [0.717, 1.165) is 7.11 Å². The molecule has 13 heavy (non-hydrogen) atoms. The second kappa shape index (κ2) is 3.52. The van der Waals surface area contributed by atoms with Crippen molar-refractivity contribution < 1.29 is 12.9 Å². The van der Waals surface area contributed by atoms with Crippen LogP contribution in [0.1, 0.15) is 0 Å². The zero-order valence-electron chi connectivity index (χ0n) is 5.96. The van der Waals surface area contributed by atoms with E-state index in [1.165, 1.54) is 0 Å². The molecule has 0 aromatic carbocycles. The van der Waals surface area contributed by atoms with Crippen LogP contribution in [-0.2, 0) is 22.8 Å². The summed E-state index contributed by atoms with van der Waals surface area (Å²) < 4.78 is 36.6. The molecule has 3 unspecified atom stereocenters. The Kier molecular flexibility index (Phi) is 3.25. The van der Waals surface area contributed by atoms with Crippen LogP contribution in [0.2, 0.25) is 0 Å². The highest BCUT2D eigenvalue weighted by atomic mass is 35.7. The second-order valence-corrected chi connectivity index (χ2v) is 10.4. The fourth-order valence-electron chi connectivity index (χ4n) is 0.473. The number of hydrogen-bond acceptors (Lipinski definition) is 4. The van der Waals surface area contributed by atoms with Crippen LogP contribution in [0.3, 0.4) is 0 Å². The molecule has 3 atom stereocenters. The molecular weight excluding hydrogens is 303 g/mol. The summed E-state index contributed by atoms with van der Waals surface area (Å²) in [6.45, 7) is -3.27. The quantitative estimate of drug-likeness (QED) is 0.552. The van der Waals surface area contributed by atoms with Crippen molar-refractivity contribution in [2.24, 2.45) is 12.1 Å². The van der Waals surface area contributed by atoms with Gasteiger partial charge < -0.3 is 4.52 Å². The monoisotopic (exact) mass is 305 g/mol. The highest BCUT2D eigenvalue weighted by molar-refractivity contribution is 8.28. The Bertz CT molecular complexity index is 496. The lowest BCUT2D eigenvalue weighted by Gasteiger charge is -2.11. The molecule has 0 spiro atoms. The molecule has 0 radical (unpaired) electrons. The van der Waals surface area contributed by atoms with Crippen LogP contribution in [0.5, 0.6) is 0 Å². The van der Waals surface area contributed by atoms with Crippen LogP contribution in [0.15, 0.2) is 12.1 Å². The average Bonchev–Trinajstić information content (AvgIpc) is 1.79. The van der Waals surface area contributed by atoms with Crippen molar-refractivity contribution in [2.75, 3.05) is 7.11 Å². The van der Waals surface area contributed by atoms with E-state index in [2.05, 4.69) is 16.6 Å². The van der Waals surface area contributed by atoms with Gasteiger partial charge in [0.15, 0.2) is 0 Å². The third kappa shape index (κ3) is 3.23. The van der Waals surface area contributed by atoms with Gasteiger partial charge in [0.1, 0.15) is 0 Å². The molecule has 0 bridgehead atoms. The van der Waals surface area contributed by atoms with Crippen molar-refractivity contribution in [2.45, 2.75) is 0 Å². The van der Waals surface area contributed by atoms with E-state index >= 15 is 0 Å². The van der Waals surface area contributed by atoms with Crippen LogP contribution < -0.4 is 0 Å². The van der Waals surface area contributed by atoms with Crippen LogP contribution in [0.25, 0.3) is 0 Å². The van der Waals surface area contributed by atoms with Gasteiger partial charge in [-0.1, -0.05) is 3.77 Å². The molecular formula is CH3Cl3N3O3PS2. The lowest BCUT2D eigenvalue weighted by Crippen LogP contribution is -1.95. The van der Waals surface area contributed by atoms with E-state index in [0.29, 0.717) is 0 Å². The highest BCUT2D eigenvalue weighted by Crippen LogP contribution is 2.61. The SMILES string of the molecule is COP1(Cl)=NS(=O)(Cl)=NS(=O)(Cl)=N1. The van der Waals surface area contributed by atoms with Crippen molar-refractivity contribution in [1.29, 1.82) is 0 Å². The number of halogens is 3. The van der Waals surface area contributed by atoms with Crippen molar-refractivity contribution in [3.63, 3.8) is 0 Å². The van der Waals surface area contributed by atoms with Gasteiger partial charge in [-0.3, -0.25) is 0 Å². The van der Waals surface area contributed by atoms with E-state index in [4.69, 9.17) is 32.6 Å². The molecule has 12 heteroatoms. The first-order valence-corrected chi connectivity index (χ1v) is 9.65. The first-order valence-electron chi connectivity index (χ1n) is 2.53. The van der Waals surface area contributed by atoms with E-state index in [9.17, 15) is 8.42 Å². The Morgan fingerprint density at radius 2 is 1.85 bits per heavy atom. The maximum Gasteiger partial charge on any atom is 0.315 e. The van der Waals surface area contributed by atoms with Gasteiger partial charge in [0.2, 0.25) is 0 Å². The Labute approximate surface area is 89.5 Å². The zero-order valence-corrected chi connectivity index (χ0v) is 10.8. The summed E-state index contributed by atoms with van der Waals surface area (Å²) >= 11 is 5.60. The van der Waals surface area contributed by atoms with Crippen molar-refractivity contribution >= 4 is 57.6 Å². The van der Waals surface area contributed by atoms with E-state index in [1.54, 1.807) is 0 Å². The Morgan fingerprint density at radius 3 is 2.23 bits per heavy atom. The van der Waals surface area contributed by atoms with Gasteiger partial charge in [0.05, 0.1) is 0 Å². The average molecular weight is 307 g/mol. The van der Waals surface area contributed by atoms with Gasteiger partial charge >= 0.3 is 6.78 Å². The van der Waals surface area contributed by atoms with Crippen LogP contribution in [0.4, 0.5) is 0 Å². The first kappa shape index (κ1) is 12.0. The maximum atomic E-state index is 11.2. The number of rotatable bonds is 1. The van der Waals surface area contributed by atoms with Gasteiger partial charge in [-0.2, -0.15) is 0 Å². The lowest BCUT2D eigenvalue weighted by molar-refractivity contribution is 0.465. The van der Waals surface area contributed by atoms with Gasteiger partial charge in [-0.15, -0.1) is 8.28 Å². The molecule has 0 saturated carbocycles. The van der Waals surface area contributed by atoms with Gasteiger partial charge in [0, 0.05) is 28.5 Å². The maximum absolute atomic E-state index is 11.2. The lowest BCUT2D eigenvalue weighted by atomic mass is 11.8. The minimum absolute atomic E-state index is 1.16. The van der Waals surface area contributed by atoms with E-state index in [1.807, 2.05) is 0 Å². The summed E-state index contributed by atoms with van der Waals surface area (Å²) in [6, 6.07) is 0. The second-order valence-electron chi connectivity index (χ2n) is 1.76. The Hall–Kier alpha value is 0.960. The fraction of sp³-hybridized carbons (Fsp3) is 1.00. The topological polar surface area (TPSA) is 80.5 Å². The summed E-state index contributed by atoms with van der Waals surface area (Å²) in [4.78, 5) is 0. The molecule has 0 aliphatic carbocycles. The molecule has 1 rings (SSSR count). The normalized spacial score (nSPS) is 50.2. The predicted octanol–water partition coefficient (Wildman–Crippen LogP) is 2.91. The van der Waals surface area contributed by atoms with E-state index in [-0.39, 0.29) is 0 Å². The van der Waals surface area contributed by atoms with Gasteiger partial charge in [0.25, 0.3) is 18.3 Å². The summed E-state index contributed by atoms with van der Waals surface area (Å²) in [6.07, 6.45) is 0. The molecule has 0 saturated heterocycles. The van der Waals surface area contributed by atoms with Crippen LogP contribution >= 0.6 is 39.4 Å². The molecule has 6 nitrogen and oxygen atoms in total. The van der Waals surface area contributed by atoms with Gasteiger partial charge in [-0.05, 0) is 11.2 Å². The molecule has 0 amide bonds. The molecule has 0 aromatic rings. The molecule has 1 aliphatic heterocycles. The first-order chi connectivity index (χ1) is 5.68. The third-order valence-electron chi connectivity index (χ3n) is 0.819. The van der Waals surface area contributed by atoms with E-state index < -0.39 is 25.0 Å². The smallest absolute Gasteiger partial charge is 0.315 e. The van der Waals surface area contributed by atoms with Crippen molar-refractivity contribution in [3.8, 4) is 0 Å². The van der Waals surface area contributed by atoms with Crippen molar-refractivity contribution in [1.82, 2.24) is 0 Å².